The molecule has 0 spiro atoms. The van der Waals surface area contributed by atoms with Crippen LogP contribution < -0.4 is 9.64 Å². The van der Waals surface area contributed by atoms with Crippen molar-refractivity contribution in [3.05, 3.63) is 10.7 Å². The summed E-state index contributed by atoms with van der Waals surface area (Å²) in [5.41, 5.74) is 0. The summed E-state index contributed by atoms with van der Waals surface area (Å²) in [6.45, 7) is 3.32. The van der Waals surface area contributed by atoms with E-state index in [4.69, 9.17) is 4.74 Å². The zero-order chi connectivity index (χ0) is 16.2. The molecule has 6 nitrogen and oxygen atoms in total. The van der Waals surface area contributed by atoms with Gasteiger partial charge in [-0.3, -0.25) is 4.79 Å². The van der Waals surface area contributed by atoms with Crippen molar-refractivity contribution in [3.63, 3.8) is 0 Å². The summed E-state index contributed by atoms with van der Waals surface area (Å²) >= 11 is 5.29. The second-order valence-electron chi connectivity index (χ2n) is 5.75. The molecule has 23 heavy (non-hydrogen) atoms. The van der Waals surface area contributed by atoms with E-state index in [-0.39, 0.29) is 5.92 Å². The van der Waals surface area contributed by atoms with Crippen molar-refractivity contribution in [2.24, 2.45) is 5.92 Å². The van der Waals surface area contributed by atoms with Crippen molar-refractivity contribution < 1.29 is 9.53 Å². The smallest absolute Gasteiger partial charge is 0.232 e. The van der Waals surface area contributed by atoms with Gasteiger partial charge in [0.2, 0.25) is 17.7 Å². The minimum atomic E-state index is 0.0464. The summed E-state index contributed by atoms with van der Waals surface area (Å²) in [6, 6.07) is 0. The summed E-state index contributed by atoms with van der Waals surface area (Å²) in [5.74, 6) is 3.60. The average molecular weight is 401 g/mol. The van der Waals surface area contributed by atoms with Gasteiger partial charge in [-0.15, -0.1) is 0 Å². The first-order chi connectivity index (χ1) is 11.2. The molecule has 126 valence electrons. The monoisotopic (exact) mass is 400 g/mol. The van der Waals surface area contributed by atoms with Gasteiger partial charge >= 0.3 is 0 Å². The number of methoxy groups -OCH3 is 1. The van der Waals surface area contributed by atoms with Crippen molar-refractivity contribution in [1.29, 1.82) is 0 Å². The average Bonchev–Trinajstić information content (AvgIpc) is 2.62. The third-order valence-corrected chi connectivity index (χ3v) is 5.76. The van der Waals surface area contributed by atoms with Gasteiger partial charge in [0, 0.05) is 37.7 Å². The van der Waals surface area contributed by atoms with Crippen molar-refractivity contribution in [3.8, 4) is 5.88 Å². The van der Waals surface area contributed by atoms with Crippen LogP contribution in [0.1, 0.15) is 12.8 Å². The molecule has 3 heterocycles. The molecule has 1 aromatic heterocycles. The molecule has 2 fully saturated rings. The van der Waals surface area contributed by atoms with E-state index in [0.717, 1.165) is 48.5 Å². The Balaban J connectivity index is 1.69. The van der Waals surface area contributed by atoms with Crippen LogP contribution in [0.3, 0.4) is 0 Å². The number of ether oxygens (including phenoxy) is 1. The minimum absolute atomic E-state index is 0.0464. The third-order valence-electron chi connectivity index (χ3n) is 4.27. The number of carbonyl (C=O) groups is 1. The first-order valence-corrected chi connectivity index (χ1v) is 9.82. The lowest BCUT2D eigenvalue weighted by molar-refractivity contribution is -0.135. The fraction of sp³-hybridized carbons (Fsp3) is 0.667. The highest BCUT2D eigenvalue weighted by atomic mass is 79.9. The Kier molecular flexibility index (Phi) is 5.63. The number of nitrogens with zero attached hydrogens (tertiary/aromatic N) is 4. The van der Waals surface area contributed by atoms with Gasteiger partial charge in [-0.1, -0.05) is 0 Å². The van der Waals surface area contributed by atoms with E-state index in [1.165, 1.54) is 0 Å². The van der Waals surface area contributed by atoms with E-state index in [1.807, 2.05) is 16.7 Å². The molecule has 2 aliphatic heterocycles. The van der Waals surface area contributed by atoms with Gasteiger partial charge in [0.05, 0.1) is 23.7 Å². The maximum atomic E-state index is 12.7. The van der Waals surface area contributed by atoms with Crippen molar-refractivity contribution in [2.45, 2.75) is 12.8 Å². The predicted octanol–water partition coefficient (Wildman–Crippen LogP) is 2.04. The summed E-state index contributed by atoms with van der Waals surface area (Å²) in [7, 11) is 1.59. The molecule has 1 atom stereocenters. The maximum Gasteiger partial charge on any atom is 0.232 e. The zero-order valence-electron chi connectivity index (χ0n) is 13.2. The number of thioether (sulfide) groups is 1. The first-order valence-electron chi connectivity index (χ1n) is 7.87. The number of halogens is 1. The lowest BCUT2D eigenvalue weighted by atomic mass is 9.96. The lowest BCUT2D eigenvalue weighted by Gasteiger charge is -2.36. The largest absolute Gasteiger partial charge is 0.480 e. The molecule has 8 heteroatoms. The second-order valence-corrected chi connectivity index (χ2v) is 7.83. The van der Waals surface area contributed by atoms with E-state index in [9.17, 15) is 4.79 Å². The molecular weight excluding hydrogens is 380 g/mol. The molecule has 0 aromatic carbocycles. The Labute approximate surface area is 149 Å². The van der Waals surface area contributed by atoms with Crippen LogP contribution in [0, 0.1) is 5.92 Å². The molecule has 0 saturated carbocycles. The van der Waals surface area contributed by atoms with E-state index in [0.29, 0.717) is 24.3 Å². The van der Waals surface area contributed by atoms with Crippen molar-refractivity contribution >= 4 is 39.5 Å². The molecule has 1 amide bonds. The van der Waals surface area contributed by atoms with Crippen LogP contribution in [0.2, 0.25) is 0 Å². The summed E-state index contributed by atoms with van der Waals surface area (Å²) in [5, 5.41) is 0. The summed E-state index contributed by atoms with van der Waals surface area (Å²) < 4.78 is 5.98. The molecular formula is C15H21BrN4O2S. The van der Waals surface area contributed by atoms with Crippen LogP contribution in [0.4, 0.5) is 5.95 Å². The van der Waals surface area contributed by atoms with E-state index in [2.05, 4.69) is 30.8 Å². The van der Waals surface area contributed by atoms with Crippen LogP contribution in [0.15, 0.2) is 10.7 Å². The third kappa shape index (κ3) is 3.91. The molecule has 0 radical (unpaired) electrons. The summed E-state index contributed by atoms with van der Waals surface area (Å²) in [6.07, 6.45) is 3.64. The molecule has 1 unspecified atom stereocenters. The standard InChI is InChI=1S/C15H21BrN4O2S/c1-22-13-12(16)9-17-15(18-13)20-4-2-3-11(10-20)14(21)19-5-7-23-8-6-19/h9,11H,2-8,10H2,1H3. The molecule has 0 N–H and O–H groups in total. The van der Waals surface area contributed by atoms with Gasteiger partial charge in [-0.2, -0.15) is 16.7 Å². The van der Waals surface area contributed by atoms with Crippen molar-refractivity contribution in [1.82, 2.24) is 14.9 Å². The highest BCUT2D eigenvalue weighted by Gasteiger charge is 2.31. The highest BCUT2D eigenvalue weighted by Crippen LogP contribution is 2.27. The fourth-order valence-electron chi connectivity index (χ4n) is 3.04. The molecule has 0 bridgehead atoms. The van der Waals surface area contributed by atoms with Gasteiger partial charge in [0.1, 0.15) is 0 Å². The number of anilines is 1. The number of rotatable bonds is 3. The minimum Gasteiger partial charge on any atom is -0.480 e. The Morgan fingerprint density at radius 2 is 2.17 bits per heavy atom. The number of piperidine rings is 1. The van der Waals surface area contributed by atoms with Gasteiger partial charge in [0.25, 0.3) is 0 Å². The maximum absolute atomic E-state index is 12.7. The molecule has 2 aliphatic rings. The van der Waals surface area contributed by atoms with Crippen LogP contribution in [-0.2, 0) is 4.79 Å². The Bertz CT molecular complexity index is 568. The molecule has 3 rings (SSSR count). The second kappa shape index (κ2) is 7.70. The SMILES string of the molecule is COc1nc(N2CCCC(C(=O)N3CCSCC3)C2)ncc1Br. The zero-order valence-corrected chi connectivity index (χ0v) is 15.6. The Hall–Kier alpha value is -1.02. The molecule has 2 saturated heterocycles. The van der Waals surface area contributed by atoms with Crippen molar-refractivity contribution in [2.75, 3.05) is 49.7 Å². The fourth-order valence-corrected chi connectivity index (χ4v) is 4.30. The van der Waals surface area contributed by atoms with Crippen LogP contribution in [0.25, 0.3) is 0 Å². The van der Waals surface area contributed by atoms with Gasteiger partial charge in [-0.05, 0) is 28.8 Å². The summed E-state index contributed by atoms with van der Waals surface area (Å²) in [4.78, 5) is 25.7. The topological polar surface area (TPSA) is 58.6 Å². The van der Waals surface area contributed by atoms with E-state index in [1.54, 1.807) is 13.3 Å². The number of hydrogen-bond acceptors (Lipinski definition) is 6. The van der Waals surface area contributed by atoms with Crippen LogP contribution in [-0.4, -0.2) is 65.6 Å². The number of carbonyl (C=O) groups excluding carboxylic acids is 1. The van der Waals surface area contributed by atoms with Gasteiger partial charge < -0.3 is 14.5 Å². The highest BCUT2D eigenvalue weighted by molar-refractivity contribution is 9.10. The van der Waals surface area contributed by atoms with E-state index < -0.39 is 0 Å². The first kappa shape index (κ1) is 16.8. The lowest BCUT2D eigenvalue weighted by Crippen LogP contribution is -2.47. The van der Waals surface area contributed by atoms with Gasteiger partial charge in [-0.25, -0.2) is 4.98 Å². The Morgan fingerprint density at radius 3 is 2.91 bits per heavy atom. The molecule has 1 aromatic rings. The van der Waals surface area contributed by atoms with Crippen LogP contribution >= 0.6 is 27.7 Å². The number of hydrogen-bond donors (Lipinski definition) is 0. The quantitative estimate of drug-likeness (QED) is 0.773. The number of amides is 1. The number of aromatic nitrogens is 2. The van der Waals surface area contributed by atoms with Crippen LogP contribution in [0.5, 0.6) is 5.88 Å². The normalized spacial score (nSPS) is 22.1. The van der Waals surface area contributed by atoms with Gasteiger partial charge in [0.15, 0.2) is 0 Å². The Morgan fingerprint density at radius 1 is 1.39 bits per heavy atom. The molecule has 0 aliphatic carbocycles. The van der Waals surface area contributed by atoms with E-state index >= 15 is 0 Å². The predicted molar refractivity (Wildman–Crippen MR) is 95.1 cm³/mol.